The van der Waals surface area contributed by atoms with Crippen molar-refractivity contribution in [2.45, 2.75) is 31.3 Å². The molecule has 2 rings (SSSR count). The Morgan fingerprint density at radius 3 is 2.79 bits per heavy atom. The molecule has 14 heavy (non-hydrogen) atoms. The van der Waals surface area contributed by atoms with Gasteiger partial charge in [-0.15, -0.1) is 0 Å². The molecule has 0 N–H and O–H groups in total. The first-order valence-electron chi connectivity index (χ1n) is 5.28. The number of alkyl halides is 1. The lowest BCUT2D eigenvalue weighted by Crippen LogP contribution is -2.43. The highest BCUT2D eigenvalue weighted by Gasteiger charge is 2.38. The van der Waals surface area contributed by atoms with Crippen LogP contribution in [0.25, 0.3) is 0 Å². The van der Waals surface area contributed by atoms with Gasteiger partial charge in [0.05, 0.1) is 5.33 Å². The van der Waals surface area contributed by atoms with Crippen LogP contribution in [0.1, 0.15) is 19.3 Å². The Labute approximate surface area is 93.6 Å². The molecular weight excluding hydrogens is 244 g/mol. The lowest BCUT2D eigenvalue weighted by molar-refractivity contribution is -0.130. The number of likely N-dealkylation sites (N-methyl/N-ethyl adjacent to an activating group) is 1. The minimum absolute atomic E-state index is 0.271. The lowest BCUT2D eigenvalue weighted by atomic mass is 10.1. The third-order valence-electron chi connectivity index (χ3n) is 3.39. The Morgan fingerprint density at radius 2 is 2.07 bits per heavy atom. The quantitative estimate of drug-likeness (QED) is 0.659. The molecule has 2 aliphatic heterocycles. The third kappa shape index (κ3) is 1.82. The fourth-order valence-electron chi connectivity index (χ4n) is 2.72. The second-order valence-electron chi connectivity index (χ2n) is 4.37. The van der Waals surface area contributed by atoms with Crippen molar-refractivity contribution in [3.63, 3.8) is 0 Å². The van der Waals surface area contributed by atoms with Gasteiger partial charge in [-0.1, -0.05) is 15.9 Å². The molecule has 3 nitrogen and oxygen atoms in total. The van der Waals surface area contributed by atoms with Crippen LogP contribution in [0.15, 0.2) is 0 Å². The van der Waals surface area contributed by atoms with Crippen LogP contribution < -0.4 is 0 Å². The Morgan fingerprint density at radius 1 is 1.36 bits per heavy atom. The molecule has 0 aromatic rings. The average Bonchev–Trinajstić information content (AvgIpc) is 2.47. The second-order valence-corrected chi connectivity index (χ2v) is 4.93. The van der Waals surface area contributed by atoms with Crippen LogP contribution in [-0.4, -0.2) is 53.3 Å². The highest BCUT2D eigenvalue weighted by molar-refractivity contribution is 9.09. The van der Waals surface area contributed by atoms with Crippen LogP contribution in [-0.2, 0) is 4.79 Å². The summed E-state index contributed by atoms with van der Waals surface area (Å²) in [6, 6.07) is 0.979. The highest BCUT2D eigenvalue weighted by Crippen LogP contribution is 2.29. The largest absolute Gasteiger partial charge is 0.335 e. The Balaban J connectivity index is 2.12. The summed E-state index contributed by atoms with van der Waals surface area (Å²) in [4.78, 5) is 16.2. The van der Waals surface area contributed by atoms with Gasteiger partial charge in [-0.25, -0.2) is 0 Å². The Hall–Kier alpha value is -0.0900. The van der Waals surface area contributed by atoms with Crippen LogP contribution in [0, 0.1) is 0 Å². The summed E-state index contributed by atoms with van der Waals surface area (Å²) in [6.45, 7) is 2.18. The first kappa shape index (κ1) is 10.4. The van der Waals surface area contributed by atoms with Gasteiger partial charge >= 0.3 is 0 Å². The zero-order valence-electron chi connectivity index (χ0n) is 8.58. The number of carbonyl (C=O) groups is 1. The molecule has 2 saturated heterocycles. The monoisotopic (exact) mass is 260 g/mol. The van der Waals surface area contributed by atoms with Crippen molar-refractivity contribution >= 4 is 21.8 Å². The van der Waals surface area contributed by atoms with Gasteiger partial charge < -0.3 is 9.80 Å². The highest BCUT2D eigenvalue weighted by atomic mass is 79.9. The van der Waals surface area contributed by atoms with Crippen molar-refractivity contribution in [3.05, 3.63) is 0 Å². The Bertz CT molecular complexity index is 234. The number of halogens is 1. The molecule has 0 saturated carbocycles. The molecule has 0 aromatic carbocycles. The molecule has 0 aliphatic carbocycles. The summed E-state index contributed by atoms with van der Waals surface area (Å²) >= 11 is 3.27. The second kappa shape index (κ2) is 4.19. The number of fused-ring (bicyclic) bond motifs is 2. The van der Waals surface area contributed by atoms with E-state index in [0.717, 1.165) is 19.5 Å². The van der Waals surface area contributed by atoms with Gasteiger partial charge in [-0.3, -0.25) is 4.79 Å². The first-order valence-corrected chi connectivity index (χ1v) is 6.40. The average molecular weight is 261 g/mol. The summed E-state index contributed by atoms with van der Waals surface area (Å²) in [5.74, 6) is 0.271. The molecule has 2 aliphatic rings. The zero-order chi connectivity index (χ0) is 10.1. The van der Waals surface area contributed by atoms with Gasteiger partial charge in [0.25, 0.3) is 0 Å². The van der Waals surface area contributed by atoms with Gasteiger partial charge in [0.15, 0.2) is 0 Å². The van der Waals surface area contributed by atoms with Crippen LogP contribution >= 0.6 is 15.9 Å². The number of nitrogens with zero attached hydrogens (tertiary/aromatic N) is 2. The number of hydrogen-bond acceptors (Lipinski definition) is 2. The molecule has 2 heterocycles. The number of likely N-dealkylation sites (tertiary alicyclic amines) is 1. The molecule has 4 heteroatoms. The molecule has 2 bridgehead atoms. The van der Waals surface area contributed by atoms with E-state index in [-0.39, 0.29) is 5.91 Å². The first-order chi connectivity index (χ1) is 6.72. The van der Waals surface area contributed by atoms with E-state index >= 15 is 0 Å². The van der Waals surface area contributed by atoms with Gasteiger partial charge in [-0.05, 0) is 32.9 Å². The maximum absolute atomic E-state index is 11.7. The van der Waals surface area contributed by atoms with Crippen LogP contribution in [0.3, 0.4) is 0 Å². The minimum Gasteiger partial charge on any atom is -0.335 e. The fraction of sp³-hybridized carbons (Fsp3) is 0.900. The summed E-state index contributed by atoms with van der Waals surface area (Å²) in [5.41, 5.74) is 0. The maximum atomic E-state index is 11.7. The van der Waals surface area contributed by atoms with Gasteiger partial charge in [0.1, 0.15) is 0 Å². The van der Waals surface area contributed by atoms with Crippen molar-refractivity contribution in [2.24, 2.45) is 0 Å². The molecule has 0 spiro atoms. The minimum atomic E-state index is 0.271. The predicted molar refractivity (Wildman–Crippen MR) is 59.6 cm³/mol. The van der Waals surface area contributed by atoms with E-state index in [1.54, 1.807) is 0 Å². The van der Waals surface area contributed by atoms with Gasteiger partial charge in [0.2, 0.25) is 5.91 Å². The number of carbonyl (C=O) groups excluding carboxylic acids is 1. The molecule has 0 radical (unpaired) electrons. The lowest BCUT2D eigenvalue weighted by Gasteiger charge is -2.27. The predicted octanol–water partition coefficient (Wildman–Crippen LogP) is 1.08. The van der Waals surface area contributed by atoms with Gasteiger partial charge in [-0.2, -0.15) is 0 Å². The molecular formula is C10H17BrN2O. The molecule has 2 fully saturated rings. The van der Waals surface area contributed by atoms with E-state index in [1.165, 1.54) is 12.8 Å². The van der Waals surface area contributed by atoms with Crippen molar-refractivity contribution in [1.29, 1.82) is 0 Å². The van der Waals surface area contributed by atoms with Crippen molar-refractivity contribution in [2.75, 3.05) is 25.5 Å². The normalized spacial score (nSPS) is 33.1. The number of hydrogen-bond donors (Lipinski definition) is 0. The third-order valence-corrected chi connectivity index (χ3v) is 3.87. The van der Waals surface area contributed by atoms with E-state index < -0.39 is 0 Å². The molecule has 2 unspecified atom stereocenters. The topological polar surface area (TPSA) is 23.6 Å². The summed E-state index contributed by atoms with van der Waals surface area (Å²) < 4.78 is 0. The summed E-state index contributed by atoms with van der Waals surface area (Å²) in [5, 5.41) is 0.476. The van der Waals surface area contributed by atoms with Crippen LogP contribution in [0.5, 0.6) is 0 Å². The molecule has 80 valence electrons. The van der Waals surface area contributed by atoms with E-state index in [4.69, 9.17) is 0 Å². The van der Waals surface area contributed by atoms with E-state index in [0.29, 0.717) is 17.4 Å². The summed E-state index contributed by atoms with van der Waals surface area (Å²) in [6.07, 6.45) is 3.54. The fourth-order valence-corrected chi connectivity index (χ4v) is 3.01. The number of amides is 1. The van der Waals surface area contributed by atoms with Crippen molar-refractivity contribution in [3.8, 4) is 0 Å². The SMILES string of the molecule is CN1CCC2CCC(C1)N2C(=O)CBr. The maximum Gasteiger partial charge on any atom is 0.233 e. The van der Waals surface area contributed by atoms with Crippen LogP contribution in [0.2, 0.25) is 0 Å². The molecule has 1 amide bonds. The van der Waals surface area contributed by atoms with Gasteiger partial charge in [0, 0.05) is 18.6 Å². The van der Waals surface area contributed by atoms with Crippen LogP contribution in [0.4, 0.5) is 0 Å². The van der Waals surface area contributed by atoms with Crippen molar-refractivity contribution in [1.82, 2.24) is 9.80 Å². The van der Waals surface area contributed by atoms with E-state index in [9.17, 15) is 4.79 Å². The summed E-state index contributed by atoms with van der Waals surface area (Å²) in [7, 11) is 2.15. The number of rotatable bonds is 1. The van der Waals surface area contributed by atoms with E-state index in [2.05, 4.69) is 32.8 Å². The van der Waals surface area contributed by atoms with Crippen molar-refractivity contribution < 1.29 is 4.79 Å². The smallest absolute Gasteiger partial charge is 0.233 e. The standard InChI is InChI=1S/C10H17BrN2O/c1-12-5-4-8-2-3-9(7-12)13(8)10(14)6-11/h8-9H,2-7H2,1H3. The molecule has 2 atom stereocenters. The van der Waals surface area contributed by atoms with E-state index in [1.807, 2.05) is 0 Å². The molecule has 0 aromatic heterocycles. The Kier molecular flexibility index (Phi) is 3.12. The zero-order valence-corrected chi connectivity index (χ0v) is 10.2.